The summed E-state index contributed by atoms with van der Waals surface area (Å²) in [6.07, 6.45) is 10.6. The summed E-state index contributed by atoms with van der Waals surface area (Å²) >= 11 is 3.24. The van der Waals surface area contributed by atoms with Gasteiger partial charge in [-0.05, 0) is 77.7 Å². The molecule has 7 nitrogen and oxygen atoms in total. The molecule has 4 heterocycles. The highest BCUT2D eigenvalue weighted by Gasteiger charge is 2.45. The van der Waals surface area contributed by atoms with Gasteiger partial charge in [-0.25, -0.2) is 0 Å². The Morgan fingerprint density at radius 2 is 1.16 bits per heavy atom. The zero-order chi connectivity index (χ0) is 27.7. The molecule has 4 aliphatic rings. The molecule has 1 N–H and O–H groups in total. The molecular weight excluding hydrogens is 520 g/mol. The molecule has 0 aromatic heterocycles. The van der Waals surface area contributed by atoms with Crippen LogP contribution >= 0.6 is 23.5 Å². The zero-order valence-corrected chi connectivity index (χ0v) is 24.8. The van der Waals surface area contributed by atoms with Crippen molar-refractivity contribution in [2.24, 2.45) is 11.8 Å². The maximum Gasteiger partial charge on any atom is 0.254 e. The van der Waals surface area contributed by atoms with Gasteiger partial charge in [-0.3, -0.25) is 29.0 Å². The SMILES string of the molecule is CC(C)(CCCCC(O)CCCCC(C)(C)N1C(=O)C=C2SCCC2C1=O)N1C(=O)C=C2SCCC2C1=O. The average molecular weight is 563 g/mol. The minimum atomic E-state index is -0.545. The number of carbonyl (C=O) groups is 4. The summed E-state index contributed by atoms with van der Waals surface area (Å²) in [7, 11) is 0. The summed E-state index contributed by atoms with van der Waals surface area (Å²) < 4.78 is 0. The van der Waals surface area contributed by atoms with Gasteiger partial charge >= 0.3 is 0 Å². The number of amides is 4. The highest BCUT2D eigenvalue weighted by Crippen LogP contribution is 2.43. The van der Waals surface area contributed by atoms with Gasteiger partial charge in [0.1, 0.15) is 0 Å². The van der Waals surface area contributed by atoms with Crippen LogP contribution in [-0.2, 0) is 19.2 Å². The number of rotatable bonds is 12. The molecule has 4 amide bonds. The van der Waals surface area contributed by atoms with E-state index >= 15 is 0 Å². The number of carbonyl (C=O) groups excluding carboxylic acids is 4. The quantitative estimate of drug-likeness (QED) is 0.263. The van der Waals surface area contributed by atoms with Crippen molar-refractivity contribution in [1.82, 2.24) is 9.80 Å². The number of aliphatic hydroxyl groups excluding tert-OH is 1. The Bertz CT molecular complexity index is 954. The average Bonchev–Trinajstić information content (AvgIpc) is 3.49. The second-order valence-electron chi connectivity index (χ2n) is 12.3. The van der Waals surface area contributed by atoms with Crippen molar-refractivity contribution >= 4 is 47.2 Å². The van der Waals surface area contributed by atoms with Gasteiger partial charge in [0.05, 0.1) is 17.9 Å². The van der Waals surface area contributed by atoms with Crippen LogP contribution < -0.4 is 0 Å². The Labute approximate surface area is 235 Å². The van der Waals surface area contributed by atoms with Gasteiger partial charge in [0, 0.05) is 33.0 Å². The third kappa shape index (κ3) is 6.25. The maximum atomic E-state index is 13.0. The number of thioether (sulfide) groups is 2. The van der Waals surface area contributed by atoms with Gasteiger partial charge in [0.25, 0.3) is 11.8 Å². The fourth-order valence-corrected chi connectivity index (χ4v) is 8.57. The predicted molar refractivity (Wildman–Crippen MR) is 152 cm³/mol. The lowest BCUT2D eigenvalue weighted by Crippen LogP contribution is -2.54. The van der Waals surface area contributed by atoms with Gasteiger partial charge in [-0.1, -0.05) is 25.7 Å². The minimum Gasteiger partial charge on any atom is -0.393 e. The second kappa shape index (κ2) is 11.9. The van der Waals surface area contributed by atoms with Crippen LogP contribution in [-0.4, -0.2) is 67.2 Å². The van der Waals surface area contributed by atoms with Crippen LogP contribution in [0.15, 0.2) is 22.0 Å². The maximum absolute atomic E-state index is 13.0. The number of unbranched alkanes of at least 4 members (excludes halogenated alkanes) is 2. The number of hydrogen-bond acceptors (Lipinski definition) is 7. The van der Waals surface area contributed by atoms with Crippen molar-refractivity contribution in [3.63, 3.8) is 0 Å². The molecule has 4 aliphatic heterocycles. The smallest absolute Gasteiger partial charge is 0.254 e. The number of aliphatic hydroxyl groups is 1. The number of fused-ring (bicyclic) bond motifs is 2. The van der Waals surface area contributed by atoms with E-state index in [1.165, 1.54) is 9.80 Å². The largest absolute Gasteiger partial charge is 0.393 e. The van der Waals surface area contributed by atoms with Crippen LogP contribution in [0.4, 0.5) is 0 Å². The van der Waals surface area contributed by atoms with Gasteiger partial charge < -0.3 is 5.11 Å². The second-order valence-corrected chi connectivity index (χ2v) is 14.6. The lowest BCUT2D eigenvalue weighted by atomic mass is 9.89. The Morgan fingerprint density at radius 3 is 1.55 bits per heavy atom. The minimum absolute atomic E-state index is 0.0583. The van der Waals surface area contributed by atoms with E-state index in [2.05, 4.69) is 0 Å². The van der Waals surface area contributed by atoms with E-state index < -0.39 is 17.2 Å². The molecule has 0 aromatic rings. The van der Waals surface area contributed by atoms with E-state index in [0.29, 0.717) is 25.7 Å². The predicted octanol–water partition coefficient (Wildman–Crippen LogP) is 5.04. The Kier molecular flexibility index (Phi) is 9.20. The van der Waals surface area contributed by atoms with Crippen molar-refractivity contribution in [2.45, 2.75) is 109 Å². The Balaban J connectivity index is 1.15. The molecule has 4 rings (SSSR count). The Morgan fingerprint density at radius 1 is 0.763 bits per heavy atom. The van der Waals surface area contributed by atoms with E-state index in [1.54, 1.807) is 35.7 Å². The molecule has 0 radical (unpaired) electrons. The first-order valence-electron chi connectivity index (χ1n) is 14.1. The number of hydrogen-bond donors (Lipinski definition) is 1. The van der Waals surface area contributed by atoms with Crippen LogP contribution in [0, 0.1) is 11.8 Å². The van der Waals surface area contributed by atoms with Gasteiger partial charge in [0.2, 0.25) is 11.8 Å². The van der Waals surface area contributed by atoms with E-state index in [-0.39, 0.29) is 35.5 Å². The molecule has 2 fully saturated rings. The first-order valence-corrected chi connectivity index (χ1v) is 16.0. The summed E-state index contributed by atoms with van der Waals surface area (Å²) in [5, 5.41) is 10.5. The molecule has 0 spiro atoms. The van der Waals surface area contributed by atoms with Gasteiger partial charge in [0.15, 0.2) is 0 Å². The topological polar surface area (TPSA) is 95.0 Å². The van der Waals surface area contributed by atoms with E-state index in [1.807, 2.05) is 27.7 Å². The summed E-state index contributed by atoms with van der Waals surface area (Å²) in [6.45, 7) is 7.84. The fraction of sp³-hybridized carbons (Fsp3) is 0.724. The van der Waals surface area contributed by atoms with Crippen molar-refractivity contribution in [1.29, 1.82) is 0 Å². The molecule has 210 valence electrons. The summed E-state index contributed by atoms with van der Waals surface area (Å²) in [5.74, 6) is 0.979. The normalized spacial score (nSPS) is 25.0. The van der Waals surface area contributed by atoms with Crippen molar-refractivity contribution in [3.8, 4) is 0 Å². The highest BCUT2D eigenvalue weighted by molar-refractivity contribution is 8.03. The lowest BCUT2D eigenvalue weighted by Gasteiger charge is -2.40. The third-order valence-electron chi connectivity index (χ3n) is 8.41. The summed E-state index contributed by atoms with van der Waals surface area (Å²) in [4.78, 5) is 56.1. The van der Waals surface area contributed by atoms with Crippen LogP contribution in [0.1, 0.15) is 91.9 Å². The van der Waals surface area contributed by atoms with Gasteiger partial charge in [-0.2, -0.15) is 0 Å². The van der Waals surface area contributed by atoms with E-state index in [0.717, 1.165) is 59.8 Å². The molecule has 0 aliphatic carbocycles. The molecule has 2 unspecified atom stereocenters. The molecule has 0 bridgehead atoms. The van der Waals surface area contributed by atoms with E-state index in [4.69, 9.17) is 0 Å². The monoisotopic (exact) mass is 562 g/mol. The summed E-state index contributed by atoms with van der Waals surface area (Å²) in [5.41, 5.74) is -1.09. The van der Waals surface area contributed by atoms with Crippen LogP contribution in [0.2, 0.25) is 0 Å². The molecule has 0 saturated carbocycles. The highest BCUT2D eigenvalue weighted by atomic mass is 32.2. The number of nitrogens with zero attached hydrogens (tertiary/aromatic N) is 2. The molecule has 2 atom stereocenters. The lowest BCUT2D eigenvalue weighted by molar-refractivity contribution is -0.153. The first-order chi connectivity index (χ1) is 17.9. The zero-order valence-electron chi connectivity index (χ0n) is 23.2. The third-order valence-corrected chi connectivity index (χ3v) is 10.8. The van der Waals surface area contributed by atoms with Crippen LogP contribution in [0.25, 0.3) is 0 Å². The molecule has 2 saturated heterocycles. The molecule has 9 heteroatoms. The molecule has 0 aromatic carbocycles. The van der Waals surface area contributed by atoms with Crippen molar-refractivity contribution < 1.29 is 24.3 Å². The first kappa shape index (κ1) is 29.4. The molecular formula is C29H42N2O5S2. The fourth-order valence-electron chi connectivity index (χ4n) is 6.19. The van der Waals surface area contributed by atoms with Crippen LogP contribution in [0.3, 0.4) is 0 Å². The summed E-state index contributed by atoms with van der Waals surface area (Å²) in [6, 6.07) is 0. The Hall–Kier alpha value is -1.58. The van der Waals surface area contributed by atoms with Crippen molar-refractivity contribution in [2.75, 3.05) is 11.5 Å². The van der Waals surface area contributed by atoms with Crippen LogP contribution in [0.5, 0.6) is 0 Å². The van der Waals surface area contributed by atoms with Crippen molar-refractivity contribution in [3.05, 3.63) is 22.0 Å². The number of imide groups is 2. The van der Waals surface area contributed by atoms with Gasteiger partial charge in [-0.15, -0.1) is 23.5 Å². The van der Waals surface area contributed by atoms with E-state index in [9.17, 15) is 24.3 Å². The standard InChI is InChI=1S/C29H42N2O5S2/c1-28(2,30-24(33)17-22-20(26(30)35)11-15-37-22)13-7-5-9-19(32)10-6-8-14-29(3,4)31-25(34)18-23-21(27(31)36)12-16-38-23/h17-21,32H,5-16H2,1-4H3. The molecule has 38 heavy (non-hydrogen) atoms.